The molecule has 0 amide bonds. The first-order valence-electron chi connectivity index (χ1n) is 7.84. The van der Waals surface area contributed by atoms with Crippen LogP contribution in [-0.4, -0.2) is 29.4 Å². The molecule has 1 atom stereocenters. The third-order valence-electron chi connectivity index (χ3n) is 4.80. The highest BCUT2D eigenvalue weighted by Gasteiger charge is 2.53. The number of pyridine rings is 1. The highest BCUT2D eigenvalue weighted by molar-refractivity contribution is 9.10. The number of halogens is 5. The van der Waals surface area contributed by atoms with E-state index < -0.39 is 23.6 Å². The average Bonchev–Trinajstić information content (AvgIpc) is 2.51. The van der Waals surface area contributed by atoms with Crippen molar-refractivity contribution in [3.05, 3.63) is 63.9 Å². The van der Waals surface area contributed by atoms with E-state index in [2.05, 4.69) is 26.2 Å². The molecule has 1 fully saturated rings. The Morgan fingerprint density at radius 1 is 1.15 bits per heavy atom. The smallest absolute Gasteiger partial charge is 0.380 e. The Hall–Kier alpha value is -1.15. The van der Waals surface area contributed by atoms with Crippen molar-refractivity contribution in [3.8, 4) is 0 Å². The Morgan fingerprint density at radius 2 is 1.77 bits per heavy atom. The number of hydrogen-bond acceptors (Lipinski definition) is 3. The molecule has 3 nitrogen and oxygen atoms in total. The topological polar surface area (TPSA) is 45.2 Å². The molecule has 1 saturated heterocycles. The molecule has 0 spiro atoms. The number of rotatable bonds is 4. The Kier molecular flexibility index (Phi) is 6.07. The lowest BCUT2D eigenvalue weighted by Gasteiger charge is -2.52. The minimum Gasteiger partial charge on any atom is -0.380 e. The maximum atomic E-state index is 12.6. The Morgan fingerprint density at radius 3 is 2.23 bits per heavy atom. The van der Waals surface area contributed by atoms with Gasteiger partial charge in [0.05, 0.1) is 6.42 Å². The lowest BCUT2D eigenvalue weighted by molar-refractivity contribution is -0.127. The van der Waals surface area contributed by atoms with Gasteiger partial charge < -0.3 is 10.4 Å². The first kappa shape index (κ1) is 21.2. The monoisotopic (exact) mass is 450 g/mol. The SMILES string of the molecule is CC1([C@](O)(c2ccc(CC(F)(F)F)cc2)c2cncc(Br)c2)CNC1.Cl. The summed E-state index contributed by atoms with van der Waals surface area (Å²) in [5.41, 5.74) is -0.507. The van der Waals surface area contributed by atoms with Gasteiger partial charge in [0.25, 0.3) is 0 Å². The van der Waals surface area contributed by atoms with Gasteiger partial charge in [0.15, 0.2) is 0 Å². The molecule has 0 aliphatic carbocycles. The maximum Gasteiger partial charge on any atom is 0.393 e. The van der Waals surface area contributed by atoms with Gasteiger partial charge in [-0.05, 0) is 33.1 Å². The van der Waals surface area contributed by atoms with Crippen LogP contribution in [0.2, 0.25) is 0 Å². The minimum absolute atomic E-state index is 0. The third kappa shape index (κ3) is 3.91. The average molecular weight is 452 g/mol. The molecule has 2 N–H and O–H groups in total. The standard InChI is InChI=1S/C18H18BrF3N2O.ClH/c1-16(10-24-11-16)18(25,14-6-15(19)9-23-8-14)13-4-2-12(3-5-13)7-17(20,21)22;/h2-6,8-9,24-25H,7,10-11H2,1H3;1H/t18-;/m0./s1. The summed E-state index contributed by atoms with van der Waals surface area (Å²) in [7, 11) is 0. The first-order chi connectivity index (χ1) is 11.6. The summed E-state index contributed by atoms with van der Waals surface area (Å²) in [4.78, 5) is 4.14. The maximum absolute atomic E-state index is 12.6. The summed E-state index contributed by atoms with van der Waals surface area (Å²) in [6.45, 7) is 3.15. The predicted octanol–water partition coefficient (Wildman–Crippen LogP) is 4.22. The molecule has 2 aromatic rings. The van der Waals surface area contributed by atoms with Gasteiger partial charge in [-0.3, -0.25) is 4.98 Å². The number of hydrogen-bond donors (Lipinski definition) is 2. The second-order valence-electron chi connectivity index (χ2n) is 6.76. The van der Waals surface area contributed by atoms with Gasteiger partial charge >= 0.3 is 6.18 Å². The summed E-state index contributed by atoms with van der Waals surface area (Å²) in [6, 6.07) is 7.79. The quantitative estimate of drug-likeness (QED) is 0.732. The summed E-state index contributed by atoms with van der Waals surface area (Å²) in [5, 5.41) is 14.8. The molecular weight excluding hydrogens is 433 g/mol. The molecule has 1 aromatic carbocycles. The van der Waals surface area contributed by atoms with Crippen LogP contribution in [0.4, 0.5) is 13.2 Å². The van der Waals surface area contributed by atoms with Crippen LogP contribution in [0.3, 0.4) is 0 Å². The van der Waals surface area contributed by atoms with Crippen LogP contribution >= 0.6 is 28.3 Å². The van der Waals surface area contributed by atoms with E-state index in [4.69, 9.17) is 0 Å². The number of nitrogens with one attached hydrogen (secondary N) is 1. The van der Waals surface area contributed by atoms with Crippen LogP contribution in [0, 0.1) is 5.41 Å². The van der Waals surface area contributed by atoms with E-state index >= 15 is 0 Å². The van der Waals surface area contributed by atoms with Gasteiger partial charge in [-0.25, -0.2) is 0 Å². The highest BCUT2D eigenvalue weighted by atomic mass is 79.9. The van der Waals surface area contributed by atoms with Crippen LogP contribution in [0.15, 0.2) is 47.2 Å². The van der Waals surface area contributed by atoms with Gasteiger partial charge in [-0.15, -0.1) is 12.4 Å². The van der Waals surface area contributed by atoms with E-state index in [1.165, 1.54) is 12.1 Å². The normalized spacial score (nSPS) is 18.4. The fourth-order valence-electron chi connectivity index (χ4n) is 3.32. The molecule has 1 aromatic heterocycles. The van der Waals surface area contributed by atoms with Crippen LogP contribution in [0.25, 0.3) is 0 Å². The predicted molar refractivity (Wildman–Crippen MR) is 99.4 cm³/mol. The fourth-order valence-corrected chi connectivity index (χ4v) is 3.69. The van der Waals surface area contributed by atoms with Crippen molar-refractivity contribution >= 4 is 28.3 Å². The molecule has 1 aliphatic heterocycles. The third-order valence-corrected chi connectivity index (χ3v) is 5.24. The van der Waals surface area contributed by atoms with E-state index in [1.54, 1.807) is 30.6 Å². The zero-order valence-corrected chi connectivity index (χ0v) is 16.4. The lowest BCUT2D eigenvalue weighted by atomic mass is 9.63. The van der Waals surface area contributed by atoms with Crippen molar-refractivity contribution in [2.45, 2.75) is 25.1 Å². The molecule has 0 bridgehead atoms. The van der Waals surface area contributed by atoms with Crippen molar-refractivity contribution in [3.63, 3.8) is 0 Å². The number of aromatic nitrogens is 1. The van der Waals surface area contributed by atoms with E-state index in [-0.39, 0.29) is 18.0 Å². The summed E-state index contributed by atoms with van der Waals surface area (Å²) < 4.78 is 38.4. The minimum atomic E-state index is -4.25. The number of nitrogens with zero attached hydrogens (tertiary/aromatic N) is 1. The molecule has 3 rings (SSSR count). The van der Waals surface area contributed by atoms with Crippen molar-refractivity contribution in [2.24, 2.45) is 5.41 Å². The van der Waals surface area contributed by atoms with Crippen LogP contribution in [0.1, 0.15) is 23.6 Å². The molecule has 8 heteroatoms. The van der Waals surface area contributed by atoms with Gasteiger partial charge in [-0.2, -0.15) is 13.2 Å². The lowest BCUT2D eigenvalue weighted by Crippen LogP contribution is -2.63. The molecule has 0 saturated carbocycles. The molecule has 26 heavy (non-hydrogen) atoms. The largest absolute Gasteiger partial charge is 0.393 e. The summed E-state index contributed by atoms with van der Waals surface area (Å²) in [5.74, 6) is 0. The number of aliphatic hydroxyl groups is 1. The zero-order valence-electron chi connectivity index (χ0n) is 14.0. The number of alkyl halides is 3. The molecular formula is C18H19BrClF3N2O. The van der Waals surface area contributed by atoms with Crippen molar-refractivity contribution in [1.82, 2.24) is 10.3 Å². The van der Waals surface area contributed by atoms with Crippen molar-refractivity contribution < 1.29 is 18.3 Å². The van der Waals surface area contributed by atoms with E-state index in [0.29, 0.717) is 24.2 Å². The summed E-state index contributed by atoms with van der Waals surface area (Å²) >= 11 is 3.36. The van der Waals surface area contributed by atoms with Crippen molar-refractivity contribution in [2.75, 3.05) is 13.1 Å². The van der Waals surface area contributed by atoms with E-state index in [1.807, 2.05) is 6.92 Å². The summed E-state index contributed by atoms with van der Waals surface area (Å²) in [6.07, 6.45) is -2.02. The fraction of sp³-hybridized carbons (Fsp3) is 0.389. The van der Waals surface area contributed by atoms with E-state index in [0.717, 1.165) is 4.47 Å². The van der Waals surface area contributed by atoms with Gasteiger partial charge in [0.2, 0.25) is 0 Å². The Labute approximate surface area is 164 Å². The Bertz CT molecular complexity index is 766. The van der Waals surface area contributed by atoms with Gasteiger partial charge in [-0.1, -0.05) is 31.2 Å². The van der Waals surface area contributed by atoms with Crippen LogP contribution in [-0.2, 0) is 12.0 Å². The first-order valence-corrected chi connectivity index (χ1v) is 8.64. The second-order valence-corrected chi connectivity index (χ2v) is 7.67. The van der Waals surface area contributed by atoms with Crippen molar-refractivity contribution in [1.29, 1.82) is 0 Å². The van der Waals surface area contributed by atoms with Crippen LogP contribution < -0.4 is 5.32 Å². The zero-order chi connectivity index (χ0) is 18.3. The molecule has 0 radical (unpaired) electrons. The molecule has 142 valence electrons. The van der Waals surface area contributed by atoms with E-state index in [9.17, 15) is 18.3 Å². The highest BCUT2D eigenvalue weighted by Crippen LogP contribution is 2.47. The van der Waals surface area contributed by atoms with Crippen LogP contribution in [0.5, 0.6) is 0 Å². The van der Waals surface area contributed by atoms with Gasteiger partial charge in [0, 0.05) is 40.9 Å². The number of benzene rings is 1. The molecule has 1 aliphatic rings. The molecule has 2 heterocycles. The van der Waals surface area contributed by atoms with Gasteiger partial charge in [0.1, 0.15) is 5.60 Å². The molecule has 0 unspecified atom stereocenters. The second kappa shape index (κ2) is 7.46. The Balaban J connectivity index is 0.00000243.